The zero-order chi connectivity index (χ0) is 15.3. The van der Waals surface area contributed by atoms with E-state index in [1.165, 1.54) is 83.7 Å². The first-order chi connectivity index (χ1) is 10.3. The zero-order valence-electron chi connectivity index (χ0n) is 14.7. The molecule has 0 radical (unpaired) electrons. The van der Waals surface area contributed by atoms with Crippen molar-refractivity contribution in [3.8, 4) is 0 Å². The molecule has 0 aliphatic rings. The van der Waals surface area contributed by atoms with Crippen LogP contribution < -0.4 is 4.57 Å². The van der Waals surface area contributed by atoms with E-state index in [9.17, 15) is 0 Å². The van der Waals surface area contributed by atoms with Gasteiger partial charge in [0.05, 0.1) is 13.1 Å². The standard InChI is InChI=1S/C19H37N2/c1-4-7-9-11-13-16-21-18-17-20(15-6-3)19(21)14-12-10-8-5-2/h17-18H,4-16H2,1-3H3/q+1. The number of rotatable bonds is 13. The molecule has 122 valence electrons. The number of aryl methyl sites for hydroxylation is 2. The lowest BCUT2D eigenvalue weighted by Gasteiger charge is -2.05. The van der Waals surface area contributed by atoms with E-state index < -0.39 is 0 Å². The van der Waals surface area contributed by atoms with Crippen LogP contribution in [0.1, 0.15) is 90.8 Å². The first-order valence-electron chi connectivity index (χ1n) is 9.40. The van der Waals surface area contributed by atoms with Crippen LogP contribution in [0.3, 0.4) is 0 Å². The molecule has 2 nitrogen and oxygen atoms in total. The highest BCUT2D eigenvalue weighted by Crippen LogP contribution is 2.09. The Kier molecular flexibility index (Phi) is 10.3. The molecular formula is C19H37N2+. The van der Waals surface area contributed by atoms with Crippen LogP contribution in [-0.4, -0.2) is 4.57 Å². The van der Waals surface area contributed by atoms with E-state index in [4.69, 9.17) is 0 Å². The van der Waals surface area contributed by atoms with Crippen molar-refractivity contribution in [2.45, 2.75) is 104 Å². The molecule has 1 rings (SSSR count). The van der Waals surface area contributed by atoms with Crippen molar-refractivity contribution in [2.75, 3.05) is 0 Å². The number of hydrogen-bond acceptors (Lipinski definition) is 0. The Morgan fingerprint density at radius 3 is 2.14 bits per heavy atom. The maximum atomic E-state index is 2.52. The molecule has 0 aliphatic carbocycles. The van der Waals surface area contributed by atoms with Crippen LogP contribution in [0.4, 0.5) is 0 Å². The van der Waals surface area contributed by atoms with E-state index in [1.54, 1.807) is 5.82 Å². The van der Waals surface area contributed by atoms with E-state index in [1.807, 2.05) is 0 Å². The summed E-state index contributed by atoms with van der Waals surface area (Å²) in [6.07, 6.45) is 19.4. The monoisotopic (exact) mass is 293 g/mol. The highest BCUT2D eigenvalue weighted by atomic mass is 15.1. The summed E-state index contributed by atoms with van der Waals surface area (Å²) in [5.74, 6) is 1.56. The van der Waals surface area contributed by atoms with E-state index in [-0.39, 0.29) is 0 Å². The first-order valence-corrected chi connectivity index (χ1v) is 9.40. The number of unbranched alkanes of at least 4 members (excludes halogenated alkanes) is 7. The van der Waals surface area contributed by atoms with Gasteiger partial charge in [-0.15, -0.1) is 0 Å². The minimum absolute atomic E-state index is 1.17. The summed E-state index contributed by atoms with van der Waals surface area (Å²) in [7, 11) is 0. The molecule has 1 aromatic heterocycles. The van der Waals surface area contributed by atoms with Crippen LogP contribution in [0.25, 0.3) is 0 Å². The molecule has 0 fully saturated rings. The van der Waals surface area contributed by atoms with E-state index >= 15 is 0 Å². The van der Waals surface area contributed by atoms with E-state index in [2.05, 4.69) is 42.3 Å². The number of aromatic nitrogens is 2. The summed E-state index contributed by atoms with van der Waals surface area (Å²) in [5, 5.41) is 0. The van der Waals surface area contributed by atoms with Crippen LogP contribution in [0.2, 0.25) is 0 Å². The van der Waals surface area contributed by atoms with Gasteiger partial charge < -0.3 is 0 Å². The largest absolute Gasteiger partial charge is 0.256 e. The lowest BCUT2D eigenvalue weighted by Crippen LogP contribution is -2.37. The Hall–Kier alpha value is -0.790. The summed E-state index contributed by atoms with van der Waals surface area (Å²) in [5.41, 5.74) is 0. The topological polar surface area (TPSA) is 8.81 Å². The van der Waals surface area contributed by atoms with Crippen LogP contribution in [0, 0.1) is 0 Å². The van der Waals surface area contributed by atoms with Gasteiger partial charge in [0.15, 0.2) is 0 Å². The molecule has 0 unspecified atom stereocenters. The average molecular weight is 294 g/mol. The second-order valence-electron chi connectivity index (χ2n) is 6.33. The fraction of sp³-hybridized carbons (Fsp3) is 0.842. The Balaban J connectivity index is 2.47. The van der Waals surface area contributed by atoms with Gasteiger partial charge in [-0.05, 0) is 25.7 Å². The normalized spacial score (nSPS) is 11.2. The Labute approximate surface area is 132 Å². The molecule has 0 amide bonds. The van der Waals surface area contributed by atoms with Crippen molar-refractivity contribution >= 4 is 0 Å². The van der Waals surface area contributed by atoms with Gasteiger partial charge in [-0.3, -0.25) is 0 Å². The number of imidazole rings is 1. The predicted molar refractivity (Wildman–Crippen MR) is 91.5 cm³/mol. The van der Waals surface area contributed by atoms with Crippen LogP contribution >= 0.6 is 0 Å². The highest BCUT2D eigenvalue weighted by molar-refractivity contribution is 4.84. The summed E-state index contributed by atoms with van der Waals surface area (Å²) in [4.78, 5) is 0. The van der Waals surface area contributed by atoms with Crippen molar-refractivity contribution in [1.29, 1.82) is 0 Å². The summed E-state index contributed by atoms with van der Waals surface area (Å²) in [6, 6.07) is 0. The van der Waals surface area contributed by atoms with Crippen LogP contribution in [-0.2, 0) is 19.5 Å². The second-order valence-corrected chi connectivity index (χ2v) is 6.33. The van der Waals surface area contributed by atoms with Gasteiger partial charge >= 0.3 is 0 Å². The second kappa shape index (κ2) is 11.8. The Morgan fingerprint density at radius 1 is 0.810 bits per heavy atom. The Morgan fingerprint density at radius 2 is 1.48 bits per heavy atom. The highest BCUT2D eigenvalue weighted by Gasteiger charge is 2.15. The molecule has 0 atom stereocenters. The van der Waals surface area contributed by atoms with Crippen molar-refractivity contribution in [3.05, 3.63) is 18.2 Å². The molecule has 1 heterocycles. The number of hydrogen-bond donors (Lipinski definition) is 0. The quantitative estimate of drug-likeness (QED) is 0.346. The van der Waals surface area contributed by atoms with Gasteiger partial charge in [-0.25, -0.2) is 9.13 Å². The minimum atomic E-state index is 1.17. The average Bonchev–Trinajstić information content (AvgIpc) is 2.86. The lowest BCUT2D eigenvalue weighted by molar-refractivity contribution is -0.703. The fourth-order valence-corrected chi connectivity index (χ4v) is 3.03. The minimum Gasteiger partial charge on any atom is -0.234 e. The van der Waals surface area contributed by atoms with E-state index in [0.29, 0.717) is 0 Å². The molecule has 0 saturated heterocycles. The summed E-state index contributed by atoms with van der Waals surface area (Å²) in [6.45, 7) is 9.23. The maximum absolute atomic E-state index is 2.52. The SMILES string of the molecule is CCCCCCCn1cc[n+](CCC)c1CCCCCC. The van der Waals surface area contributed by atoms with Crippen molar-refractivity contribution in [2.24, 2.45) is 0 Å². The molecule has 2 heteroatoms. The third-order valence-electron chi connectivity index (χ3n) is 4.31. The van der Waals surface area contributed by atoms with Crippen molar-refractivity contribution < 1.29 is 4.57 Å². The van der Waals surface area contributed by atoms with Gasteiger partial charge in [-0.1, -0.05) is 59.3 Å². The molecular weight excluding hydrogens is 256 g/mol. The summed E-state index contributed by atoms with van der Waals surface area (Å²) >= 11 is 0. The molecule has 0 N–H and O–H groups in total. The lowest BCUT2D eigenvalue weighted by atomic mass is 10.1. The van der Waals surface area contributed by atoms with Gasteiger partial charge in [-0.2, -0.15) is 0 Å². The van der Waals surface area contributed by atoms with Crippen molar-refractivity contribution in [1.82, 2.24) is 4.57 Å². The molecule has 0 aromatic carbocycles. The molecule has 0 aliphatic heterocycles. The Bertz CT molecular complexity index is 354. The van der Waals surface area contributed by atoms with Gasteiger partial charge in [0.1, 0.15) is 12.4 Å². The maximum Gasteiger partial charge on any atom is 0.256 e. The summed E-state index contributed by atoms with van der Waals surface area (Å²) < 4.78 is 5.01. The molecule has 0 spiro atoms. The third-order valence-corrected chi connectivity index (χ3v) is 4.31. The molecule has 21 heavy (non-hydrogen) atoms. The smallest absolute Gasteiger partial charge is 0.234 e. The molecule has 1 aromatic rings. The van der Waals surface area contributed by atoms with Crippen LogP contribution in [0.15, 0.2) is 12.4 Å². The predicted octanol–water partition coefficient (Wildman–Crippen LogP) is 5.28. The fourth-order valence-electron chi connectivity index (χ4n) is 3.03. The molecule has 0 bridgehead atoms. The zero-order valence-corrected chi connectivity index (χ0v) is 14.7. The molecule has 0 saturated carbocycles. The van der Waals surface area contributed by atoms with Gasteiger partial charge in [0, 0.05) is 6.42 Å². The van der Waals surface area contributed by atoms with Crippen LogP contribution in [0.5, 0.6) is 0 Å². The third kappa shape index (κ3) is 7.15. The van der Waals surface area contributed by atoms with Crippen molar-refractivity contribution in [3.63, 3.8) is 0 Å². The van der Waals surface area contributed by atoms with E-state index in [0.717, 1.165) is 0 Å². The van der Waals surface area contributed by atoms with Gasteiger partial charge in [0.2, 0.25) is 0 Å². The van der Waals surface area contributed by atoms with Gasteiger partial charge in [0.25, 0.3) is 5.82 Å². The number of nitrogens with zero attached hydrogens (tertiary/aromatic N) is 2. The first kappa shape index (κ1) is 18.3.